The summed E-state index contributed by atoms with van der Waals surface area (Å²) in [6.07, 6.45) is 1.07. The lowest BCUT2D eigenvalue weighted by Gasteiger charge is -2.44. The predicted octanol–water partition coefficient (Wildman–Crippen LogP) is 2.03. The van der Waals surface area contributed by atoms with Gasteiger partial charge in [-0.25, -0.2) is 8.42 Å². The summed E-state index contributed by atoms with van der Waals surface area (Å²) in [5.74, 6) is 0.611. The lowest BCUT2D eigenvalue weighted by atomic mass is 10.0. The average Bonchev–Trinajstić information content (AvgIpc) is 2.80. The summed E-state index contributed by atoms with van der Waals surface area (Å²) in [6, 6.07) is 8.13. The molecule has 2 unspecified atom stereocenters. The van der Waals surface area contributed by atoms with Crippen molar-refractivity contribution in [1.82, 2.24) is 9.80 Å². The van der Waals surface area contributed by atoms with Gasteiger partial charge in [0.05, 0.1) is 11.5 Å². The number of sulfone groups is 1. The van der Waals surface area contributed by atoms with Gasteiger partial charge in [0.25, 0.3) is 0 Å². The monoisotopic (exact) mass is 342 g/mol. The first-order valence-electron chi connectivity index (χ1n) is 7.91. The molecule has 0 aliphatic carbocycles. The summed E-state index contributed by atoms with van der Waals surface area (Å²) >= 11 is 5.94. The van der Waals surface area contributed by atoms with Gasteiger partial charge in [-0.05, 0) is 30.7 Å². The lowest BCUT2D eigenvalue weighted by molar-refractivity contribution is 0.0405. The summed E-state index contributed by atoms with van der Waals surface area (Å²) in [5, 5.41) is 0.734. The number of rotatable bonds is 4. The molecule has 2 aliphatic heterocycles. The minimum atomic E-state index is -2.92. The summed E-state index contributed by atoms with van der Waals surface area (Å²) in [7, 11) is -2.92. The standard InChI is InChI=1S/C16H23ClN2O2S/c1-2-7-18-8-9-19(10-13-3-5-14(17)6-4-13)16-12-22(20,21)11-15(16)18/h3-6,15-16H,2,7-12H2,1H3. The lowest BCUT2D eigenvalue weighted by Crippen LogP contribution is -2.58. The largest absolute Gasteiger partial charge is 0.297 e. The van der Waals surface area contributed by atoms with Gasteiger partial charge in [-0.1, -0.05) is 30.7 Å². The zero-order valence-electron chi connectivity index (χ0n) is 12.9. The molecule has 0 saturated carbocycles. The molecule has 0 aromatic heterocycles. The Morgan fingerprint density at radius 2 is 1.68 bits per heavy atom. The molecule has 2 heterocycles. The first kappa shape index (κ1) is 16.2. The molecule has 3 rings (SSSR count). The van der Waals surface area contributed by atoms with Crippen LogP contribution in [0, 0.1) is 0 Å². The maximum Gasteiger partial charge on any atom is 0.153 e. The highest BCUT2D eigenvalue weighted by Crippen LogP contribution is 2.28. The van der Waals surface area contributed by atoms with Crippen LogP contribution >= 0.6 is 11.6 Å². The smallest absolute Gasteiger partial charge is 0.153 e. The molecule has 0 spiro atoms. The van der Waals surface area contributed by atoms with Crippen molar-refractivity contribution in [2.24, 2.45) is 0 Å². The second kappa shape index (κ2) is 6.48. The van der Waals surface area contributed by atoms with Gasteiger partial charge in [0, 0.05) is 36.7 Å². The highest BCUT2D eigenvalue weighted by molar-refractivity contribution is 7.91. The van der Waals surface area contributed by atoms with Crippen molar-refractivity contribution < 1.29 is 8.42 Å². The van der Waals surface area contributed by atoms with Crippen LogP contribution in [0.4, 0.5) is 0 Å². The first-order valence-corrected chi connectivity index (χ1v) is 10.1. The van der Waals surface area contributed by atoms with E-state index in [0.29, 0.717) is 11.5 Å². The number of fused-ring (bicyclic) bond motifs is 1. The van der Waals surface area contributed by atoms with E-state index in [2.05, 4.69) is 16.7 Å². The van der Waals surface area contributed by atoms with E-state index >= 15 is 0 Å². The van der Waals surface area contributed by atoms with Crippen molar-refractivity contribution in [3.8, 4) is 0 Å². The number of hydrogen-bond donors (Lipinski definition) is 0. The zero-order valence-corrected chi connectivity index (χ0v) is 14.5. The van der Waals surface area contributed by atoms with E-state index in [4.69, 9.17) is 11.6 Å². The third-order valence-electron chi connectivity index (χ3n) is 4.72. The Morgan fingerprint density at radius 1 is 1.09 bits per heavy atom. The second-order valence-corrected chi connectivity index (χ2v) is 8.93. The van der Waals surface area contributed by atoms with Crippen LogP contribution in [0.2, 0.25) is 5.02 Å². The zero-order chi connectivity index (χ0) is 15.7. The third kappa shape index (κ3) is 3.48. The van der Waals surface area contributed by atoms with Crippen molar-refractivity contribution >= 4 is 21.4 Å². The molecule has 22 heavy (non-hydrogen) atoms. The van der Waals surface area contributed by atoms with E-state index in [1.165, 1.54) is 5.56 Å². The molecule has 2 fully saturated rings. The maximum atomic E-state index is 12.1. The quantitative estimate of drug-likeness (QED) is 0.839. The minimum Gasteiger partial charge on any atom is -0.297 e. The van der Waals surface area contributed by atoms with Crippen LogP contribution in [0.3, 0.4) is 0 Å². The molecule has 1 aromatic rings. The van der Waals surface area contributed by atoms with E-state index in [1.807, 2.05) is 24.3 Å². The van der Waals surface area contributed by atoms with E-state index in [1.54, 1.807) is 0 Å². The first-order chi connectivity index (χ1) is 10.5. The molecule has 0 amide bonds. The van der Waals surface area contributed by atoms with Crippen LogP contribution in [-0.4, -0.2) is 61.4 Å². The van der Waals surface area contributed by atoms with E-state index in [9.17, 15) is 8.42 Å². The topological polar surface area (TPSA) is 40.6 Å². The molecule has 2 aliphatic rings. The molecule has 0 bridgehead atoms. The molecule has 0 radical (unpaired) electrons. The number of halogens is 1. The predicted molar refractivity (Wildman–Crippen MR) is 90.0 cm³/mol. The summed E-state index contributed by atoms with van der Waals surface area (Å²) in [4.78, 5) is 4.71. The fourth-order valence-electron chi connectivity index (χ4n) is 3.68. The van der Waals surface area contributed by atoms with Crippen molar-refractivity contribution in [2.75, 3.05) is 31.1 Å². The Kier molecular flexibility index (Phi) is 4.78. The molecule has 122 valence electrons. The second-order valence-electron chi connectivity index (χ2n) is 6.34. The van der Waals surface area contributed by atoms with Gasteiger partial charge in [-0.3, -0.25) is 9.80 Å². The normalized spacial score (nSPS) is 28.6. The van der Waals surface area contributed by atoms with Gasteiger partial charge in [0.2, 0.25) is 0 Å². The van der Waals surface area contributed by atoms with Crippen molar-refractivity contribution in [1.29, 1.82) is 0 Å². The van der Waals surface area contributed by atoms with Crippen LogP contribution in [0.1, 0.15) is 18.9 Å². The third-order valence-corrected chi connectivity index (χ3v) is 6.67. The summed E-state index contributed by atoms with van der Waals surface area (Å²) < 4.78 is 24.2. The highest BCUT2D eigenvalue weighted by Gasteiger charge is 2.45. The van der Waals surface area contributed by atoms with Gasteiger partial charge < -0.3 is 0 Å². The Hall–Kier alpha value is -0.620. The number of hydrogen-bond acceptors (Lipinski definition) is 4. The van der Waals surface area contributed by atoms with Crippen LogP contribution in [0.15, 0.2) is 24.3 Å². The van der Waals surface area contributed by atoms with E-state index in [-0.39, 0.29) is 12.1 Å². The molecule has 1 aromatic carbocycles. The average molecular weight is 343 g/mol. The van der Waals surface area contributed by atoms with E-state index < -0.39 is 9.84 Å². The SMILES string of the molecule is CCCN1CCN(Cc2ccc(Cl)cc2)C2CS(=O)(=O)CC21. The van der Waals surface area contributed by atoms with Gasteiger partial charge in [0.1, 0.15) is 0 Å². The molecular weight excluding hydrogens is 320 g/mol. The summed E-state index contributed by atoms with van der Waals surface area (Å²) in [6.45, 7) is 5.83. The molecular formula is C16H23ClN2O2S. The van der Waals surface area contributed by atoms with Crippen molar-refractivity contribution in [3.05, 3.63) is 34.9 Å². The van der Waals surface area contributed by atoms with Gasteiger partial charge >= 0.3 is 0 Å². The molecule has 0 N–H and O–H groups in total. The van der Waals surface area contributed by atoms with Crippen LogP contribution < -0.4 is 0 Å². The Bertz CT molecular complexity index is 618. The fourth-order valence-corrected chi connectivity index (χ4v) is 5.85. The summed E-state index contributed by atoms with van der Waals surface area (Å²) in [5.41, 5.74) is 1.19. The van der Waals surface area contributed by atoms with Gasteiger partial charge in [-0.15, -0.1) is 0 Å². The van der Waals surface area contributed by atoms with Crippen LogP contribution in [0.25, 0.3) is 0 Å². The van der Waals surface area contributed by atoms with Crippen LogP contribution in [-0.2, 0) is 16.4 Å². The van der Waals surface area contributed by atoms with E-state index in [0.717, 1.165) is 37.6 Å². The highest BCUT2D eigenvalue weighted by atomic mass is 35.5. The number of piperazine rings is 1. The Labute approximate surface area is 138 Å². The number of benzene rings is 1. The molecule has 4 nitrogen and oxygen atoms in total. The van der Waals surface area contributed by atoms with Crippen molar-refractivity contribution in [3.63, 3.8) is 0 Å². The molecule has 2 saturated heterocycles. The van der Waals surface area contributed by atoms with Gasteiger partial charge in [-0.2, -0.15) is 0 Å². The van der Waals surface area contributed by atoms with Crippen LogP contribution in [0.5, 0.6) is 0 Å². The Morgan fingerprint density at radius 3 is 2.32 bits per heavy atom. The number of nitrogens with zero attached hydrogens (tertiary/aromatic N) is 2. The maximum absolute atomic E-state index is 12.1. The molecule has 2 atom stereocenters. The molecule has 6 heteroatoms. The fraction of sp³-hybridized carbons (Fsp3) is 0.625. The van der Waals surface area contributed by atoms with Crippen molar-refractivity contribution in [2.45, 2.75) is 32.0 Å². The minimum absolute atomic E-state index is 0.126. The van der Waals surface area contributed by atoms with Gasteiger partial charge in [0.15, 0.2) is 9.84 Å². The Balaban J connectivity index is 1.77.